The summed E-state index contributed by atoms with van der Waals surface area (Å²) < 4.78 is 4.95. The van der Waals surface area contributed by atoms with Gasteiger partial charge in [0, 0.05) is 31.8 Å². The number of benzene rings is 7. The number of nitrogens with zero attached hydrogens (tertiary/aromatic N) is 3. The van der Waals surface area contributed by atoms with Gasteiger partial charge in [-0.25, -0.2) is 9.97 Å². The molecular formula is C40H23N3S. The average molecular weight is 578 g/mol. The molecular weight excluding hydrogens is 555 g/mol. The van der Waals surface area contributed by atoms with Gasteiger partial charge >= 0.3 is 0 Å². The molecule has 0 aliphatic carbocycles. The van der Waals surface area contributed by atoms with Crippen LogP contribution in [-0.4, -0.2) is 14.5 Å². The van der Waals surface area contributed by atoms with Crippen molar-refractivity contribution in [2.75, 3.05) is 0 Å². The SMILES string of the molecule is c1ccc(-c2nc3ccccc3nc2-n2c3ccccc3c3c4ccccc4c4c(sc5ccc6ccccc6c54)c32)cc1. The number of aromatic nitrogens is 3. The van der Waals surface area contributed by atoms with Gasteiger partial charge in [-0.1, -0.05) is 115 Å². The summed E-state index contributed by atoms with van der Waals surface area (Å²) in [5.41, 5.74) is 6.01. The molecule has 0 aliphatic rings. The zero-order valence-corrected chi connectivity index (χ0v) is 24.3. The third kappa shape index (κ3) is 3.20. The Hall–Kier alpha value is -5.58. The fourth-order valence-corrected chi connectivity index (χ4v) is 8.37. The van der Waals surface area contributed by atoms with Gasteiger partial charge in [-0.15, -0.1) is 11.3 Å². The molecule has 0 aliphatic heterocycles. The van der Waals surface area contributed by atoms with E-state index in [-0.39, 0.29) is 0 Å². The Morgan fingerprint density at radius 3 is 1.93 bits per heavy atom. The molecule has 0 unspecified atom stereocenters. The molecule has 204 valence electrons. The quantitative estimate of drug-likeness (QED) is 0.205. The minimum absolute atomic E-state index is 0.847. The summed E-state index contributed by atoms with van der Waals surface area (Å²) in [5, 5.41) is 10.2. The molecule has 0 N–H and O–H groups in total. The highest BCUT2D eigenvalue weighted by molar-refractivity contribution is 7.27. The van der Waals surface area contributed by atoms with Gasteiger partial charge in [-0.2, -0.15) is 0 Å². The number of hydrogen-bond acceptors (Lipinski definition) is 3. The van der Waals surface area contributed by atoms with Crippen molar-refractivity contribution < 1.29 is 0 Å². The normalized spacial score (nSPS) is 12.1. The molecule has 44 heavy (non-hydrogen) atoms. The van der Waals surface area contributed by atoms with Gasteiger partial charge in [0.15, 0.2) is 5.82 Å². The first-order chi connectivity index (χ1) is 21.8. The van der Waals surface area contributed by atoms with Gasteiger partial charge in [-0.05, 0) is 45.8 Å². The second-order valence-electron chi connectivity index (χ2n) is 11.3. The summed E-state index contributed by atoms with van der Waals surface area (Å²) in [7, 11) is 0. The molecule has 0 bridgehead atoms. The molecule has 7 aromatic carbocycles. The lowest BCUT2D eigenvalue weighted by molar-refractivity contribution is 1.08. The number of hydrogen-bond donors (Lipinski definition) is 0. The number of thiophene rings is 1. The second-order valence-corrected chi connectivity index (χ2v) is 12.4. The highest BCUT2D eigenvalue weighted by Crippen LogP contribution is 2.49. The molecule has 10 rings (SSSR count). The van der Waals surface area contributed by atoms with Crippen LogP contribution in [0.15, 0.2) is 140 Å². The lowest BCUT2D eigenvalue weighted by atomic mass is 9.96. The minimum atomic E-state index is 0.847. The maximum absolute atomic E-state index is 5.39. The maximum atomic E-state index is 5.39. The molecule has 3 nitrogen and oxygen atoms in total. The van der Waals surface area contributed by atoms with Crippen molar-refractivity contribution in [1.82, 2.24) is 14.5 Å². The van der Waals surface area contributed by atoms with E-state index in [1.54, 1.807) is 0 Å². The van der Waals surface area contributed by atoms with Gasteiger partial charge < -0.3 is 0 Å². The van der Waals surface area contributed by atoms with Crippen molar-refractivity contribution in [3.05, 3.63) is 140 Å². The summed E-state index contributed by atoms with van der Waals surface area (Å²) in [6.07, 6.45) is 0. The van der Waals surface area contributed by atoms with Crippen LogP contribution in [0, 0.1) is 0 Å². The van der Waals surface area contributed by atoms with Gasteiger partial charge in [0.05, 0.1) is 26.8 Å². The number of fused-ring (bicyclic) bond motifs is 13. The molecule has 3 heterocycles. The summed E-state index contributed by atoms with van der Waals surface area (Å²) in [6.45, 7) is 0. The number of rotatable bonds is 2. The largest absolute Gasteiger partial charge is 0.290 e. The lowest BCUT2D eigenvalue weighted by Crippen LogP contribution is -2.03. The summed E-state index contributed by atoms with van der Waals surface area (Å²) >= 11 is 1.88. The molecule has 0 fully saturated rings. The fourth-order valence-electron chi connectivity index (χ4n) is 7.10. The van der Waals surface area contributed by atoms with E-state index in [1.807, 2.05) is 29.5 Å². The number of para-hydroxylation sites is 3. The highest BCUT2D eigenvalue weighted by Gasteiger charge is 2.25. The molecule has 0 saturated carbocycles. The topological polar surface area (TPSA) is 30.7 Å². The summed E-state index contributed by atoms with van der Waals surface area (Å²) in [6, 6.07) is 49.6. The van der Waals surface area contributed by atoms with Crippen molar-refractivity contribution in [2.24, 2.45) is 0 Å². The first-order valence-electron chi connectivity index (χ1n) is 14.9. The molecule has 0 spiro atoms. The van der Waals surface area contributed by atoms with Crippen LogP contribution < -0.4 is 0 Å². The van der Waals surface area contributed by atoms with Crippen LogP contribution in [-0.2, 0) is 0 Å². The summed E-state index contributed by atoms with van der Waals surface area (Å²) in [5.74, 6) is 0.847. The van der Waals surface area contributed by atoms with E-state index in [2.05, 4.69) is 126 Å². The second kappa shape index (κ2) is 8.96. The molecule has 4 heteroatoms. The van der Waals surface area contributed by atoms with Crippen molar-refractivity contribution in [3.8, 4) is 17.1 Å². The Bertz CT molecular complexity index is 2770. The third-order valence-corrected chi connectivity index (χ3v) is 10.1. The molecule has 0 amide bonds. The molecule has 0 atom stereocenters. The highest BCUT2D eigenvalue weighted by atomic mass is 32.1. The van der Waals surface area contributed by atoms with Crippen LogP contribution in [0.3, 0.4) is 0 Å². The monoisotopic (exact) mass is 577 g/mol. The average Bonchev–Trinajstić information content (AvgIpc) is 3.65. The zero-order chi connectivity index (χ0) is 28.8. The smallest absolute Gasteiger partial charge is 0.165 e. The fraction of sp³-hybridized carbons (Fsp3) is 0. The van der Waals surface area contributed by atoms with Gasteiger partial charge in [0.25, 0.3) is 0 Å². The Labute approximate surface area is 256 Å². The van der Waals surface area contributed by atoms with E-state index in [0.717, 1.165) is 33.6 Å². The Balaban J connectivity index is 1.50. The van der Waals surface area contributed by atoms with E-state index in [0.29, 0.717) is 0 Å². The van der Waals surface area contributed by atoms with E-state index in [9.17, 15) is 0 Å². The van der Waals surface area contributed by atoms with E-state index < -0.39 is 0 Å². The molecule has 3 aromatic heterocycles. The van der Waals surface area contributed by atoms with Crippen molar-refractivity contribution in [1.29, 1.82) is 0 Å². The Kier molecular flexibility index (Phi) is 4.87. The van der Waals surface area contributed by atoms with Crippen molar-refractivity contribution in [2.45, 2.75) is 0 Å². The van der Waals surface area contributed by atoms with Crippen molar-refractivity contribution >= 4 is 85.9 Å². The van der Waals surface area contributed by atoms with Crippen LogP contribution in [0.4, 0.5) is 0 Å². The molecule has 10 aromatic rings. The Morgan fingerprint density at radius 2 is 1.11 bits per heavy atom. The first-order valence-corrected chi connectivity index (χ1v) is 15.7. The van der Waals surface area contributed by atoms with Gasteiger partial charge in [0.2, 0.25) is 0 Å². The van der Waals surface area contributed by atoms with Gasteiger partial charge in [0.1, 0.15) is 5.69 Å². The van der Waals surface area contributed by atoms with Crippen LogP contribution in [0.1, 0.15) is 0 Å². The predicted octanol–water partition coefficient (Wildman–Crippen LogP) is 11.1. The van der Waals surface area contributed by atoms with E-state index >= 15 is 0 Å². The lowest BCUT2D eigenvalue weighted by Gasteiger charge is -2.14. The Morgan fingerprint density at radius 1 is 0.477 bits per heavy atom. The van der Waals surface area contributed by atoms with Crippen molar-refractivity contribution in [3.63, 3.8) is 0 Å². The third-order valence-electron chi connectivity index (χ3n) is 8.95. The van der Waals surface area contributed by atoms with Crippen LogP contribution in [0.5, 0.6) is 0 Å². The van der Waals surface area contributed by atoms with E-state index in [4.69, 9.17) is 9.97 Å². The zero-order valence-electron chi connectivity index (χ0n) is 23.5. The van der Waals surface area contributed by atoms with E-state index in [1.165, 1.54) is 58.0 Å². The first kappa shape index (κ1) is 23.9. The summed E-state index contributed by atoms with van der Waals surface area (Å²) in [4.78, 5) is 10.7. The maximum Gasteiger partial charge on any atom is 0.165 e. The standard InChI is InChI=1S/C40H23N3S/c1-2-13-25(14-3-1)37-40(42-31-20-10-9-19-30(31)41-37)43-32-21-11-8-18-29(32)34-27-16-6-7-17-28(27)36-35-26-15-5-4-12-24(26)22-23-33(35)44-39(36)38(34)43/h1-23H. The predicted molar refractivity (Wildman–Crippen MR) is 187 cm³/mol. The van der Waals surface area contributed by atoms with Crippen LogP contribution in [0.2, 0.25) is 0 Å². The molecule has 0 radical (unpaired) electrons. The molecule has 0 saturated heterocycles. The van der Waals surface area contributed by atoms with Gasteiger partial charge in [-0.3, -0.25) is 4.57 Å². The minimum Gasteiger partial charge on any atom is -0.290 e. The van der Waals surface area contributed by atoms with Crippen LogP contribution >= 0.6 is 11.3 Å². The van der Waals surface area contributed by atoms with Crippen LogP contribution in [0.25, 0.3) is 91.6 Å².